The highest BCUT2D eigenvalue weighted by molar-refractivity contribution is 5.96. The Hall–Kier alpha value is -5.11. The largest absolute Gasteiger partial charge is 0.468 e. The fraction of sp³-hybridized carbons (Fsp3) is 0.406. The van der Waals surface area contributed by atoms with Gasteiger partial charge in [-0.05, 0) is 49.6 Å². The minimum atomic E-state index is -0.587. The number of imidazole rings is 1. The molecule has 1 fully saturated rings. The number of aromatic amines is 1. The lowest BCUT2D eigenvalue weighted by molar-refractivity contribution is -0.128. The molecular weight excluding hydrogens is 592 g/mol. The summed E-state index contributed by atoms with van der Waals surface area (Å²) in [6.45, 7) is 12.6. The maximum atomic E-state index is 12.2. The summed E-state index contributed by atoms with van der Waals surface area (Å²) in [5.41, 5.74) is 4.83. The van der Waals surface area contributed by atoms with Gasteiger partial charge in [0.25, 0.3) is 6.47 Å². The first kappa shape index (κ1) is 33.8. The van der Waals surface area contributed by atoms with Crippen molar-refractivity contribution >= 4 is 35.6 Å². The van der Waals surface area contributed by atoms with Crippen molar-refractivity contribution in [1.82, 2.24) is 34.7 Å². The Morgan fingerprint density at radius 2 is 1.76 bits per heavy atom. The predicted octanol–water partition coefficient (Wildman–Crippen LogP) is 4.74. The Morgan fingerprint density at radius 1 is 1.00 bits per heavy atom. The van der Waals surface area contributed by atoms with Crippen molar-refractivity contribution in [3.05, 3.63) is 54.6 Å². The summed E-state index contributed by atoms with van der Waals surface area (Å²) in [5.74, 6) is 1.11. The molecule has 0 bridgehead atoms. The third-order valence-corrected chi connectivity index (χ3v) is 6.84. The molecule has 0 unspecified atom stereocenters. The molecule has 0 radical (unpaired) electrons. The number of pyridine rings is 1. The number of nitrogens with zero attached hydrogens (tertiary/aromatic N) is 6. The minimum absolute atomic E-state index is 0.237. The number of hydrogen-bond donors (Lipinski definition) is 2. The van der Waals surface area contributed by atoms with Gasteiger partial charge < -0.3 is 24.1 Å². The highest BCUT2D eigenvalue weighted by Gasteiger charge is 2.23. The zero-order valence-electron chi connectivity index (χ0n) is 26.6. The average Bonchev–Trinajstić information content (AvgIpc) is 3.47. The minimum Gasteiger partial charge on any atom is -0.468 e. The van der Waals surface area contributed by atoms with Crippen LogP contribution in [-0.2, 0) is 25.5 Å². The smallest absolute Gasteiger partial charge is 0.413 e. The predicted molar refractivity (Wildman–Crippen MR) is 172 cm³/mol. The summed E-state index contributed by atoms with van der Waals surface area (Å²) >= 11 is 0. The maximum absolute atomic E-state index is 12.2. The monoisotopic (exact) mass is 632 g/mol. The third kappa shape index (κ3) is 9.44. The van der Waals surface area contributed by atoms with Gasteiger partial charge in [-0.1, -0.05) is 19.9 Å². The van der Waals surface area contributed by atoms with Gasteiger partial charge in [0.05, 0.1) is 31.0 Å². The molecule has 2 N–H and O–H groups in total. The molecule has 3 aromatic heterocycles. The van der Waals surface area contributed by atoms with Crippen molar-refractivity contribution in [2.24, 2.45) is 5.92 Å². The summed E-state index contributed by atoms with van der Waals surface area (Å²) in [6, 6.07) is 9.74. The summed E-state index contributed by atoms with van der Waals surface area (Å²) < 4.78 is 14.5. The highest BCUT2D eigenvalue weighted by Crippen LogP contribution is 2.32. The molecule has 46 heavy (non-hydrogen) atoms. The number of ether oxygens (including phenoxy) is 3. The topological polar surface area (TPSA) is 165 Å². The molecule has 4 aromatic rings. The number of hydrogen-bond acceptors (Lipinski definition) is 11. The number of fused-ring (bicyclic) bond motifs is 1. The van der Waals surface area contributed by atoms with Crippen LogP contribution >= 0.6 is 0 Å². The van der Waals surface area contributed by atoms with Gasteiger partial charge >= 0.3 is 12.2 Å². The SMILES string of the molecule is CCOC(=O)Nc1nc2c(-c3ncccn3)cc(-c3ccc(CN4CCN(C(=O)OCC(C)C)CC4)nc3)cc2[nH]1.CCOC=O. The number of carbonyl (C=O) groups is 3. The zero-order valence-corrected chi connectivity index (χ0v) is 26.6. The van der Waals surface area contributed by atoms with E-state index >= 15 is 0 Å². The van der Waals surface area contributed by atoms with Gasteiger partial charge in [0.2, 0.25) is 5.95 Å². The van der Waals surface area contributed by atoms with E-state index in [1.165, 1.54) is 0 Å². The number of rotatable bonds is 10. The molecule has 2 amide bonds. The van der Waals surface area contributed by atoms with Gasteiger partial charge in [0, 0.05) is 62.4 Å². The Bertz CT molecular complexity index is 1570. The molecule has 244 valence electrons. The van der Waals surface area contributed by atoms with Crippen LogP contribution in [0.25, 0.3) is 33.5 Å². The molecular formula is C32H40N8O6. The normalized spacial score (nSPS) is 13.1. The fourth-order valence-electron chi connectivity index (χ4n) is 4.62. The van der Waals surface area contributed by atoms with Crippen LogP contribution in [0.5, 0.6) is 0 Å². The highest BCUT2D eigenvalue weighted by atomic mass is 16.6. The zero-order chi connectivity index (χ0) is 32.9. The Labute approximate surface area is 267 Å². The van der Waals surface area contributed by atoms with E-state index in [2.05, 4.69) is 34.9 Å². The summed E-state index contributed by atoms with van der Waals surface area (Å²) in [4.78, 5) is 58.7. The van der Waals surface area contributed by atoms with Gasteiger partial charge in [-0.2, -0.15) is 0 Å². The number of anilines is 1. The lowest BCUT2D eigenvalue weighted by Crippen LogP contribution is -2.48. The average molecular weight is 633 g/mol. The van der Waals surface area contributed by atoms with Crippen LogP contribution in [0.4, 0.5) is 15.5 Å². The second-order valence-corrected chi connectivity index (χ2v) is 10.7. The van der Waals surface area contributed by atoms with E-state index in [-0.39, 0.29) is 18.6 Å². The standard InChI is InChI=1S/C29H34N8O4.C3H6O2/c1-4-40-28(38)35-27-33-24-15-21(14-23(25(24)34-27)26-30-8-5-9-31-26)20-6-7-22(32-16-20)17-36-10-12-37(13-11-36)29(39)41-18-19(2)3;1-2-5-3-4/h5-9,14-16,19H,4,10-13,17-18H2,1-3H3,(H2,33,34,35,38);3H,2H2,1H3. The molecule has 14 heteroatoms. The molecule has 4 heterocycles. The van der Waals surface area contributed by atoms with Crippen molar-refractivity contribution in [1.29, 1.82) is 0 Å². The summed E-state index contributed by atoms with van der Waals surface area (Å²) in [7, 11) is 0. The molecule has 5 rings (SSSR count). The van der Waals surface area contributed by atoms with Crippen LogP contribution in [-0.4, -0.2) is 99.4 Å². The van der Waals surface area contributed by atoms with Gasteiger partial charge in [-0.3, -0.25) is 20.0 Å². The van der Waals surface area contributed by atoms with Gasteiger partial charge in [-0.25, -0.2) is 24.5 Å². The quantitative estimate of drug-likeness (QED) is 0.183. The summed E-state index contributed by atoms with van der Waals surface area (Å²) in [6.07, 6.45) is 4.38. The van der Waals surface area contributed by atoms with Crippen molar-refractivity contribution < 1.29 is 28.6 Å². The van der Waals surface area contributed by atoms with E-state index in [1.807, 2.05) is 44.3 Å². The van der Waals surface area contributed by atoms with E-state index in [1.54, 1.807) is 37.2 Å². The number of piperazine rings is 1. The number of nitrogens with one attached hydrogen (secondary N) is 2. The van der Waals surface area contributed by atoms with Crippen LogP contribution in [0.2, 0.25) is 0 Å². The molecule has 1 aliphatic rings. The first-order chi connectivity index (χ1) is 22.3. The first-order valence-electron chi connectivity index (χ1n) is 15.2. The molecule has 0 atom stereocenters. The van der Waals surface area contributed by atoms with Crippen molar-refractivity contribution in [3.8, 4) is 22.5 Å². The Balaban J connectivity index is 0.000000892. The molecule has 0 spiro atoms. The second kappa shape index (κ2) is 16.8. The van der Waals surface area contributed by atoms with E-state index in [0.717, 1.165) is 35.5 Å². The van der Waals surface area contributed by atoms with Crippen LogP contribution in [0.15, 0.2) is 48.9 Å². The van der Waals surface area contributed by atoms with Crippen molar-refractivity contribution in [3.63, 3.8) is 0 Å². The number of carbonyl (C=O) groups excluding carboxylic acids is 3. The van der Waals surface area contributed by atoms with Crippen LogP contribution in [0.3, 0.4) is 0 Å². The second-order valence-electron chi connectivity index (χ2n) is 10.7. The molecule has 1 aromatic carbocycles. The molecule has 0 saturated carbocycles. The first-order valence-corrected chi connectivity index (χ1v) is 15.2. The van der Waals surface area contributed by atoms with E-state index < -0.39 is 6.09 Å². The van der Waals surface area contributed by atoms with Crippen LogP contribution in [0, 0.1) is 5.92 Å². The number of amides is 2. The van der Waals surface area contributed by atoms with Crippen LogP contribution < -0.4 is 5.32 Å². The summed E-state index contributed by atoms with van der Waals surface area (Å²) in [5, 5.41) is 2.62. The maximum Gasteiger partial charge on any atom is 0.413 e. The lowest BCUT2D eigenvalue weighted by Gasteiger charge is -2.34. The molecule has 1 saturated heterocycles. The van der Waals surface area contributed by atoms with E-state index in [0.29, 0.717) is 62.1 Å². The fourth-order valence-corrected chi connectivity index (χ4v) is 4.62. The Morgan fingerprint density at radius 3 is 2.37 bits per heavy atom. The van der Waals surface area contributed by atoms with Crippen molar-refractivity contribution in [2.75, 3.05) is 51.3 Å². The van der Waals surface area contributed by atoms with E-state index in [4.69, 9.17) is 14.5 Å². The lowest BCUT2D eigenvalue weighted by atomic mass is 10.0. The number of H-pyrrole nitrogens is 1. The van der Waals surface area contributed by atoms with Gasteiger partial charge in [-0.15, -0.1) is 0 Å². The molecule has 14 nitrogen and oxygen atoms in total. The third-order valence-electron chi connectivity index (χ3n) is 6.84. The van der Waals surface area contributed by atoms with Gasteiger partial charge in [0.15, 0.2) is 5.82 Å². The van der Waals surface area contributed by atoms with Gasteiger partial charge in [0.1, 0.15) is 5.52 Å². The number of benzene rings is 1. The molecule has 0 aliphatic carbocycles. The number of aromatic nitrogens is 5. The van der Waals surface area contributed by atoms with E-state index in [9.17, 15) is 14.4 Å². The Kier molecular flexibility index (Phi) is 12.4. The van der Waals surface area contributed by atoms with Crippen molar-refractivity contribution in [2.45, 2.75) is 34.2 Å². The van der Waals surface area contributed by atoms with Crippen LogP contribution in [0.1, 0.15) is 33.4 Å². The molecule has 1 aliphatic heterocycles.